The molecule has 0 bridgehead atoms. The second-order valence-electron chi connectivity index (χ2n) is 5.60. The molecule has 0 aliphatic heterocycles. The van der Waals surface area contributed by atoms with E-state index in [2.05, 4.69) is 25.6 Å². The molecule has 0 spiro atoms. The van der Waals surface area contributed by atoms with Crippen LogP contribution in [0.5, 0.6) is 0 Å². The average molecular weight is 351 g/mol. The summed E-state index contributed by atoms with van der Waals surface area (Å²) < 4.78 is 13.5. The van der Waals surface area contributed by atoms with Gasteiger partial charge in [0.25, 0.3) is 5.91 Å². The van der Waals surface area contributed by atoms with Crippen molar-refractivity contribution in [1.29, 1.82) is 0 Å². The van der Waals surface area contributed by atoms with Crippen molar-refractivity contribution in [3.8, 4) is 0 Å². The second kappa shape index (κ2) is 8.66. The number of halogens is 1. The molecule has 0 aliphatic carbocycles. The van der Waals surface area contributed by atoms with Crippen LogP contribution in [-0.4, -0.2) is 27.4 Å². The molecule has 132 valence electrons. The van der Waals surface area contributed by atoms with Gasteiger partial charge in [0.15, 0.2) is 0 Å². The Balaban J connectivity index is 1.48. The molecule has 0 saturated heterocycles. The van der Waals surface area contributed by atoms with E-state index in [9.17, 15) is 9.18 Å². The van der Waals surface area contributed by atoms with Crippen LogP contribution in [0.15, 0.2) is 61.2 Å². The van der Waals surface area contributed by atoms with E-state index >= 15 is 0 Å². The molecule has 7 heteroatoms. The monoisotopic (exact) mass is 351 g/mol. The lowest BCUT2D eigenvalue weighted by molar-refractivity contribution is 0.0945. The SMILES string of the molecule is O=C(NCc1cccnc1)c1cnc(NCCc2ccccc2F)cn1. The zero-order chi connectivity index (χ0) is 18.2. The Labute approximate surface area is 150 Å². The van der Waals surface area contributed by atoms with E-state index in [1.54, 1.807) is 30.6 Å². The van der Waals surface area contributed by atoms with Gasteiger partial charge in [0.1, 0.15) is 17.3 Å². The number of carbonyl (C=O) groups is 1. The smallest absolute Gasteiger partial charge is 0.271 e. The zero-order valence-electron chi connectivity index (χ0n) is 14.0. The number of pyridine rings is 1. The maximum absolute atomic E-state index is 13.5. The van der Waals surface area contributed by atoms with Crippen LogP contribution in [-0.2, 0) is 13.0 Å². The molecule has 1 amide bonds. The van der Waals surface area contributed by atoms with E-state index in [0.717, 1.165) is 5.56 Å². The Bertz CT molecular complexity index is 855. The van der Waals surface area contributed by atoms with Gasteiger partial charge in [0, 0.05) is 25.5 Å². The highest BCUT2D eigenvalue weighted by Crippen LogP contribution is 2.08. The molecule has 3 aromatic rings. The van der Waals surface area contributed by atoms with Crippen molar-refractivity contribution in [2.45, 2.75) is 13.0 Å². The molecule has 0 fully saturated rings. The summed E-state index contributed by atoms with van der Waals surface area (Å²) in [5.41, 5.74) is 1.77. The van der Waals surface area contributed by atoms with Gasteiger partial charge in [-0.05, 0) is 29.7 Å². The first-order valence-electron chi connectivity index (χ1n) is 8.19. The summed E-state index contributed by atoms with van der Waals surface area (Å²) in [5, 5.41) is 5.83. The standard InChI is InChI=1S/C19H18FN5O/c20-16-6-2-1-5-15(16)7-9-22-18-13-23-17(12-24-18)19(26)25-11-14-4-3-8-21-10-14/h1-6,8,10,12-13H,7,9,11H2,(H,22,24)(H,25,26). The predicted octanol–water partition coefficient (Wildman–Crippen LogP) is 2.60. The fourth-order valence-electron chi connectivity index (χ4n) is 2.34. The molecule has 2 heterocycles. The number of hydrogen-bond acceptors (Lipinski definition) is 5. The number of hydrogen-bond donors (Lipinski definition) is 2. The van der Waals surface area contributed by atoms with Crippen LogP contribution >= 0.6 is 0 Å². The second-order valence-corrected chi connectivity index (χ2v) is 5.60. The zero-order valence-corrected chi connectivity index (χ0v) is 14.0. The maximum Gasteiger partial charge on any atom is 0.271 e. The van der Waals surface area contributed by atoms with Gasteiger partial charge in [-0.3, -0.25) is 9.78 Å². The summed E-state index contributed by atoms with van der Waals surface area (Å²) in [7, 11) is 0. The molecule has 2 N–H and O–H groups in total. The van der Waals surface area contributed by atoms with E-state index in [1.807, 2.05) is 12.1 Å². The molecule has 6 nitrogen and oxygen atoms in total. The van der Waals surface area contributed by atoms with Crippen molar-refractivity contribution < 1.29 is 9.18 Å². The van der Waals surface area contributed by atoms with Crippen LogP contribution in [0, 0.1) is 5.82 Å². The number of carbonyl (C=O) groups excluding carboxylic acids is 1. The first-order chi connectivity index (χ1) is 12.7. The summed E-state index contributed by atoms with van der Waals surface area (Å²) in [5.74, 6) is 0.00503. The van der Waals surface area contributed by atoms with Crippen molar-refractivity contribution in [2.75, 3.05) is 11.9 Å². The summed E-state index contributed by atoms with van der Waals surface area (Å²) in [6, 6.07) is 10.3. The Morgan fingerprint density at radius 3 is 2.65 bits per heavy atom. The number of anilines is 1. The van der Waals surface area contributed by atoms with Gasteiger partial charge in [0.05, 0.1) is 12.4 Å². The van der Waals surface area contributed by atoms with Gasteiger partial charge in [-0.25, -0.2) is 14.4 Å². The average Bonchev–Trinajstić information content (AvgIpc) is 2.69. The van der Waals surface area contributed by atoms with Gasteiger partial charge < -0.3 is 10.6 Å². The lowest BCUT2D eigenvalue weighted by Gasteiger charge is -2.07. The normalized spacial score (nSPS) is 10.3. The Kier molecular flexibility index (Phi) is 5.82. The third-order valence-corrected chi connectivity index (χ3v) is 3.72. The fourth-order valence-corrected chi connectivity index (χ4v) is 2.34. The first kappa shape index (κ1) is 17.5. The number of amides is 1. The predicted molar refractivity (Wildman–Crippen MR) is 96.0 cm³/mol. The molecule has 0 radical (unpaired) electrons. The van der Waals surface area contributed by atoms with Crippen LogP contribution in [0.1, 0.15) is 21.6 Å². The van der Waals surface area contributed by atoms with Crippen LogP contribution < -0.4 is 10.6 Å². The maximum atomic E-state index is 13.5. The molecule has 0 atom stereocenters. The molecule has 0 aliphatic rings. The summed E-state index contributed by atoms with van der Waals surface area (Å²) in [6.07, 6.45) is 6.79. The quantitative estimate of drug-likeness (QED) is 0.684. The molecule has 2 aromatic heterocycles. The van der Waals surface area contributed by atoms with Gasteiger partial charge in [0.2, 0.25) is 0 Å². The van der Waals surface area contributed by atoms with Gasteiger partial charge in [-0.1, -0.05) is 24.3 Å². The highest BCUT2D eigenvalue weighted by molar-refractivity contribution is 5.91. The minimum atomic E-state index is -0.306. The summed E-state index contributed by atoms with van der Waals surface area (Å²) >= 11 is 0. The third-order valence-electron chi connectivity index (χ3n) is 3.72. The Morgan fingerprint density at radius 1 is 1.04 bits per heavy atom. The largest absolute Gasteiger partial charge is 0.368 e. The molecule has 0 unspecified atom stereocenters. The minimum Gasteiger partial charge on any atom is -0.368 e. The highest BCUT2D eigenvalue weighted by atomic mass is 19.1. The molecule has 3 rings (SSSR count). The number of nitrogens with zero attached hydrogens (tertiary/aromatic N) is 3. The van der Waals surface area contributed by atoms with Crippen molar-refractivity contribution >= 4 is 11.7 Å². The fraction of sp³-hybridized carbons (Fsp3) is 0.158. The molecule has 26 heavy (non-hydrogen) atoms. The molecular weight excluding hydrogens is 333 g/mol. The van der Waals surface area contributed by atoms with Crippen LogP contribution in [0.25, 0.3) is 0 Å². The topological polar surface area (TPSA) is 79.8 Å². The van der Waals surface area contributed by atoms with Crippen molar-refractivity contribution in [2.24, 2.45) is 0 Å². The first-order valence-corrected chi connectivity index (χ1v) is 8.19. The lowest BCUT2D eigenvalue weighted by Crippen LogP contribution is -2.24. The van der Waals surface area contributed by atoms with E-state index in [-0.39, 0.29) is 17.4 Å². The highest BCUT2D eigenvalue weighted by Gasteiger charge is 2.08. The van der Waals surface area contributed by atoms with Gasteiger partial charge in [-0.2, -0.15) is 0 Å². The van der Waals surface area contributed by atoms with Crippen LogP contribution in [0.2, 0.25) is 0 Å². The van der Waals surface area contributed by atoms with E-state index in [1.165, 1.54) is 18.5 Å². The third kappa shape index (κ3) is 4.83. The number of rotatable bonds is 7. The molecule has 0 saturated carbocycles. The number of nitrogens with one attached hydrogen (secondary N) is 2. The van der Waals surface area contributed by atoms with Gasteiger partial charge in [-0.15, -0.1) is 0 Å². The van der Waals surface area contributed by atoms with Crippen molar-refractivity contribution in [3.63, 3.8) is 0 Å². The number of aromatic nitrogens is 3. The molecular formula is C19H18FN5O. The molecule has 1 aromatic carbocycles. The van der Waals surface area contributed by atoms with E-state index in [0.29, 0.717) is 30.9 Å². The van der Waals surface area contributed by atoms with Crippen LogP contribution in [0.3, 0.4) is 0 Å². The van der Waals surface area contributed by atoms with E-state index in [4.69, 9.17) is 0 Å². The van der Waals surface area contributed by atoms with E-state index < -0.39 is 0 Å². The minimum absolute atomic E-state index is 0.221. The van der Waals surface area contributed by atoms with Crippen LogP contribution in [0.4, 0.5) is 10.2 Å². The van der Waals surface area contributed by atoms with Crippen molar-refractivity contribution in [1.82, 2.24) is 20.3 Å². The lowest BCUT2D eigenvalue weighted by atomic mass is 10.1. The number of benzene rings is 1. The summed E-state index contributed by atoms with van der Waals surface area (Å²) in [6.45, 7) is 0.888. The Morgan fingerprint density at radius 2 is 1.92 bits per heavy atom. The van der Waals surface area contributed by atoms with Crippen molar-refractivity contribution in [3.05, 3.63) is 83.8 Å². The Hall–Kier alpha value is -3.35. The summed E-state index contributed by atoms with van der Waals surface area (Å²) in [4.78, 5) is 24.3. The van der Waals surface area contributed by atoms with Gasteiger partial charge >= 0.3 is 0 Å².